The van der Waals surface area contributed by atoms with Gasteiger partial charge in [0.15, 0.2) is 0 Å². The molecule has 1 aliphatic carbocycles. The fourth-order valence-electron chi connectivity index (χ4n) is 4.31. The van der Waals surface area contributed by atoms with Crippen LogP contribution in [0.5, 0.6) is 0 Å². The highest BCUT2D eigenvalue weighted by Gasteiger charge is 2.29. The van der Waals surface area contributed by atoms with Crippen LogP contribution in [-0.2, 0) is 18.9 Å². The molecule has 37 heavy (non-hydrogen) atoms. The van der Waals surface area contributed by atoms with Crippen molar-refractivity contribution in [1.29, 1.82) is 0 Å². The van der Waals surface area contributed by atoms with Crippen LogP contribution in [0.25, 0.3) is 11.3 Å². The molecule has 0 radical (unpaired) electrons. The summed E-state index contributed by atoms with van der Waals surface area (Å²) in [5, 5.41) is 18.1. The first-order chi connectivity index (χ1) is 17.7. The number of hydrogen-bond acceptors (Lipinski definition) is 8. The third-order valence-corrected chi connectivity index (χ3v) is 6.21. The van der Waals surface area contributed by atoms with Crippen LogP contribution in [-0.4, -0.2) is 42.0 Å². The molecule has 3 heterocycles. The molecule has 3 aromatic heterocycles. The van der Waals surface area contributed by atoms with Crippen molar-refractivity contribution < 1.29 is 13.6 Å². The van der Waals surface area contributed by atoms with Gasteiger partial charge in [-0.25, -0.2) is 14.4 Å². The second-order valence-corrected chi connectivity index (χ2v) is 10.3. The van der Waals surface area contributed by atoms with Gasteiger partial charge in [0.2, 0.25) is 11.8 Å². The summed E-state index contributed by atoms with van der Waals surface area (Å²) < 4.78 is 22.0. The van der Waals surface area contributed by atoms with Gasteiger partial charge in [0.25, 0.3) is 0 Å². The highest BCUT2D eigenvalue weighted by atomic mass is 19.1. The van der Waals surface area contributed by atoms with Crippen LogP contribution in [0, 0.1) is 0 Å². The number of nitrogens with zero attached hydrogens (tertiary/aromatic N) is 6. The zero-order valence-corrected chi connectivity index (χ0v) is 21.2. The number of aromatic nitrogens is 6. The van der Waals surface area contributed by atoms with E-state index in [1.165, 1.54) is 0 Å². The number of hydrogen-bond donors (Lipinski definition) is 2. The average molecular weight is 505 g/mol. The molecule has 0 saturated carbocycles. The van der Waals surface area contributed by atoms with Crippen LogP contribution in [0.15, 0.2) is 47.3 Å². The van der Waals surface area contributed by atoms with E-state index in [1.54, 1.807) is 23.1 Å². The van der Waals surface area contributed by atoms with E-state index < -0.39 is 12.1 Å². The zero-order valence-electron chi connectivity index (χ0n) is 21.2. The predicted molar refractivity (Wildman–Crippen MR) is 135 cm³/mol. The molecule has 2 N–H and O–H groups in total. The Balaban J connectivity index is 1.39. The molecule has 4 aromatic rings. The van der Waals surface area contributed by atoms with Crippen LogP contribution in [0.2, 0.25) is 0 Å². The molecule has 2 atom stereocenters. The number of benzene rings is 1. The first-order valence-corrected chi connectivity index (χ1v) is 12.2. The van der Waals surface area contributed by atoms with E-state index in [2.05, 4.69) is 35.9 Å². The minimum atomic E-state index is -1.01. The molecule has 1 unspecified atom stereocenters. The van der Waals surface area contributed by atoms with E-state index in [0.29, 0.717) is 30.4 Å². The number of rotatable bonds is 5. The van der Waals surface area contributed by atoms with Gasteiger partial charge in [-0.15, -0.1) is 10.2 Å². The van der Waals surface area contributed by atoms with E-state index in [9.17, 15) is 9.18 Å². The summed E-state index contributed by atoms with van der Waals surface area (Å²) >= 11 is 0. The number of nitrogens with one attached hydrogen (secondary N) is 2. The van der Waals surface area contributed by atoms with Gasteiger partial charge in [0.1, 0.15) is 6.17 Å². The minimum absolute atomic E-state index is 0.0984. The Morgan fingerprint density at radius 3 is 2.76 bits per heavy atom. The Hall–Kier alpha value is -4.15. The number of amides is 1. The summed E-state index contributed by atoms with van der Waals surface area (Å²) in [5.41, 5.74) is 3.64. The van der Waals surface area contributed by atoms with E-state index in [1.807, 2.05) is 52.2 Å². The van der Waals surface area contributed by atoms with Crippen LogP contribution in [0.4, 0.5) is 16.0 Å². The maximum absolute atomic E-state index is 14.7. The number of alkyl halides is 1. The molecule has 1 aromatic carbocycles. The molecule has 0 saturated heterocycles. The molecular weight excluding hydrogens is 475 g/mol. The van der Waals surface area contributed by atoms with E-state index in [4.69, 9.17) is 4.42 Å². The minimum Gasteiger partial charge on any atom is -0.416 e. The van der Waals surface area contributed by atoms with Crippen LogP contribution in [0.3, 0.4) is 0 Å². The molecular formula is C26H29FN8O2. The normalized spacial score (nSPS) is 17.6. The van der Waals surface area contributed by atoms with Gasteiger partial charge in [-0.3, -0.25) is 9.48 Å². The van der Waals surface area contributed by atoms with Crippen molar-refractivity contribution >= 4 is 17.5 Å². The smallest absolute Gasteiger partial charge is 0.309 e. The second kappa shape index (κ2) is 9.72. The summed E-state index contributed by atoms with van der Waals surface area (Å²) in [6, 6.07) is 7.22. The Kier molecular flexibility index (Phi) is 6.45. The molecule has 11 heteroatoms. The number of anilines is 2. The lowest BCUT2D eigenvalue weighted by Gasteiger charge is -2.19. The van der Waals surface area contributed by atoms with Gasteiger partial charge >= 0.3 is 11.8 Å². The Labute approximate surface area is 213 Å². The van der Waals surface area contributed by atoms with Crippen molar-refractivity contribution in [2.75, 3.05) is 5.32 Å². The maximum Gasteiger partial charge on any atom is 0.309 e. The summed E-state index contributed by atoms with van der Waals surface area (Å²) in [7, 11) is 1.83. The zero-order chi connectivity index (χ0) is 26.2. The Morgan fingerprint density at radius 2 is 2.03 bits per heavy atom. The monoisotopic (exact) mass is 504 g/mol. The summed E-state index contributed by atoms with van der Waals surface area (Å²) in [5.74, 6) is 0.249. The summed E-state index contributed by atoms with van der Waals surface area (Å²) in [4.78, 5) is 21.8. The van der Waals surface area contributed by atoms with Gasteiger partial charge < -0.3 is 15.1 Å². The third kappa shape index (κ3) is 5.50. The lowest BCUT2D eigenvalue weighted by molar-refractivity contribution is 0.0894. The van der Waals surface area contributed by atoms with Crippen molar-refractivity contribution in [2.45, 2.75) is 57.7 Å². The van der Waals surface area contributed by atoms with Crippen molar-refractivity contribution in [2.24, 2.45) is 7.05 Å². The van der Waals surface area contributed by atoms with Crippen molar-refractivity contribution in [3.05, 3.63) is 65.8 Å². The van der Waals surface area contributed by atoms with E-state index in [-0.39, 0.29) is 23.8 Å². The van der Waals surface area contributed by atoms with Gasteiger partial charge in [-0.1, -0.05) is 32.9 Å². The van der Waals surface area contributed by atoms with Crippen molar-refractivity contribution in [3.63, 3.8) is 0 Å². The molecule has 0 bridgehead atoms. The molecule has 1 amide bonds. The molecule has 0 fully saturated rings. The predicted octanol–water partition coefficient (Wildman–Crippen LogP) is 4.45. The van der Waals surface area contributed by atoms with Gasteiger partial charge in [0, 0.05) is 36.8 Å². The van der Waals surface area contributed by atoms with E-state index in [0.717, 1.165) is 22.4 Å². The fraction of sp³-hybridized carbons (Fsp3) is 0.385. The molecule has 0 spiro atoms. The number of aryl methyl sites for hydroxylation is 1. The van der Waals surface area contributed by atoms with Crippen molar-refractivity contribution in [3.8, 4) is 11.3 Å². The first-order valence-electron chi connectivity index (χ1n) is 12.2. The van der Waals surface area contributed by atoms with E-state index >= 15 is 0 Å². The largest absolute Gasteiger partial charge is 0.416 e. The SMILES string of the molecule is Cn1cc(Nc2nccc(-c3ccc4c(c3)C[C@H](F)CCC4NC(=O)c3nnc(C(C)(C)C)o3)n2)cn1. The Bertz CT molecular complexity index is 1420. The molecule has 192 valence electrons. The quantitative estimate of drug-likeness (QED) is 0.382. The van der Waals surface area contributed by atoms with Crippen molar-refractivity contribution in [1.82, 2.24) is 35.3 Å². The first kappa shape index (κ1) is 24.5. The maximum atomic E-state index is 14.7. The highest BCUT2D eigenvalue weighted by molar-refractivity contribution is 5.89. The van der Waals surface area contributed by atoms with Gasteiger partial charge in [0.05, 0.1) is 23.6 Å². The summed E-state index contributed by atoms with van der Waals surface area (Å²) in [6.07, 6.45) is 5.23. The summed E-state index contributed by atoms with van der Waals surface area (Å²) in [6.45, 7) is 5.79. The molecule has 0 aliphatic heterocycles. The topological polar surface area (TPSA) is 124 Å². The number of carbonyl (C=O) groups is 1. The third-order valence-electron chi connectivity index (χ3n) is 6.21. The lowest BCUT2D eigenvalue weighted by atomic mass is 9.95. The second-order valence-electron chi connectivity index (χ2n) is 10.3. The Morgan fingerprint density at radius 1 is 1.19 bits per heavy atom. The highest BCUT2D eigenvalue weighted by Crippen LogP contribution is 2.33. The number of halogens is 1. The lowest BCUT2D eigenvalue weighted by Crippen LogP contribution is -2.29. The molecule has 10 nitrogen and oxygen atoms in total. The fourth-order valence-corrected chi connectivity index (χ4v) is 4.31. The molecule has 5 rings (SSSR count). The molecule has 1 aliphatic rings. The number of fused-ring (bicyclic) bond motifs is 1. The van der Waals surface area contributed by atoms with Crippen LogP contribution in [0.1, 0.15) is 67.4 Å². The average Bonchev–Trinajstić information content (AvgIpc) is 3.48. The van der Waals surface area contributed by atoms with Gasteiger partial charge in [-0.05, 0) is 36.1 Å². The number of carbonyl (C=O) groups excluding carboxylic acids is 1. The van der Waals surface area contributed by atoms with Crippen LogP contribution < -0.4 is 10.6 Å². The van der Waals surface area contributed by atoms with Gasteiger partial charge in [-0.2, -0.15) is 5.10 Å². The van der Waals surface area contributed by atoms with Crippen LogP contribution >= 0.6 is 0 Å². The standard InChI is InChI=1S/C26H29FN8O2/c1-26(2,3)24-34-33-23(37-24)22(36)31-21-8-6-17(27)12-16-11-15(5-7-19(16)21)20-9-10-28-25(32-20)30-18-13-29-35(4)14-18/h5,7,9-11,13-14,17,21H,6,8,12H2,1-4H3,(H,31,36)(H,28,30,32)/t17-,21?/m1/s1.